The minimum atomic E-state index is 0.620. The Bertz CT molecular complexity index is 732. The van der Waals surface area contributed by atoms with Gasteiger partial charge in [0.05, 0.1) is 13.7 Å². The third-order valence-corrected chi connectivity index (χ3v) is 4.51. The minimum absolute atomic E-state index is 0.620. The Balaban J connectivity index is 1.49. The standard InChI is InChI=1S/C22H29NO4/c1-3-4-11-25-21-15-18(6-7-19(21)24-2)16-23-10-9-17-5-8-20-22(14-17)27-13-12-26-20/h5-8,14-15,23H,3-4,9-13,16H2,1-2H3. The molecule has 1 aliphatic rings. The van der Waals surface area contributed by atoms with Crippen molar-refractivity contribution in [2.45, 2.75) is 32.7 Å². The first-order valence-electron chi connectivity index (χ1n) is 9.69. The first kappa shape index (κ1) is 19.4. The number of nitrogens with one attached hydrogen (secondary N) is 1. The van der Waals surface area contributed by atoms with Crippen molar-refractivity contribution < 1.29 is 18.9 Å². The SMILES string of the molecule is CCCCOc1cc(CNCCc2ccc3c(c2)OCCO3)ccc1OC. The van der Waals surface area contributed by atoms with E-state index in [-0.39, 0.29) is 0 Å². The fourth-order valence-electron chi connectivity index (χ4n) is 2.98. The van der Waals surface area contributed by atoms with Crippen LogP contribution in [-0.2, 0) is 13.0 Å². The Kier molecular flexibility index (Phi) is 7.22. The zero-order valence-corrected chi connectivity index (χ0v) is 16.3. The van der Waals surface area contributed by atoms with Gasteiger partial charge in [0.15, 0.2) is 23.0 Å². The van der Waals surface area contributed by atoms with Gasteiger partial charge < -0.3 is 24.3 Å². The van der Waals surface area contributed by atoms with Gasteiger partial charge in [-0.05, 0) is 54.8 Å². The fourth-order valence-corrected chi connectivity index (χ4v) is 2.98. The lowest BCUT2D eigenvalue weighted by atomic mass is 10.1. The van der Waals surface area contributed by atoms with Crippen LogP contribution in [0.15, 0.2) is 36.4 Å². The van der Waals surface area contributed by atoms with Gasteiger partial charge in [0, 0.05) is 6.54 Å². The second kappa shape index (κ2) is 10.1. The predicted molar refractivity (Wildman–Crippen MR) is 106 cm³/mol. The molecule has 0 aliphatic carbocycles. The monoisotopic (exact) mass is 371 g/mol. The van der Waals surface area contributed by atoms with Crippen LogP contribution >= 0.6 is 0 Å². The van der Waals surface area contributed by atoms with Crippen molar-refractivity contribution in [2.24, 2.45) is 0 Å². The van der Waals surface area contributed by atoms with Gasteiger partial charge in [-0.25, -0.2) is 0 Å². The van der Waals surface area contributed by atoms with Crippen molar-refractivity contribution in [1.82, 2.24) is 5.32 Å². The number of ether oxygens (including phenoxy) is 4. The number of fused-ring (bicyclic) bond motifs is 1. The molecule has 1 aliphatic heterocycles. The van der Waals surface area contributed by atoms with Gasteiger partial charge in [0.25, 0.3) is 0 Å². The van der Waals surface area contributed by atoms with E-state index in [2.05, 4.69) is 36.5 Å². The first-order chi connectivity index (χ1) is 13.3. The first-order valence-corrected chi connectivity index (χ1v) is 9.69. The molecule has 0 bridgehead atoms. The molecule has 5 nitrogen and oxygen atoms in total. The van der Waals surface area contributed by atoms with E-state index in [1.165, 1.54) is 11.1 Å². The number of hydrogen-bond donors (Lipinski definition) is 1. The quantitative estimate of drug-likeness (QED) is 0.640. The van der Waals surface area contributed by atoms with E-state index in [9.17, 15) is 0 Å². The lowest BCUT2D eigenvalue weighted by Crippen LogP contribution is -2.18. The molecule has 0 amide bonds. The van der Waals surface area contributed by atoms with Crippen molar-refractivity contribution in [3.8, 4) is 23.0 Å². The maximum Gasteiger partial charge on any atom is 0.161 e. The molecule has 0 unspecified atom stereocenters. The second-order valence-corrected chi connectivity index (χ2v) is 6.59. The molecule has 27 heavy (non-hydrogen) atoms. The van der Waals surface area contributed by atoms with Crippen LogP contribution in [-0.4, -0.2) is 33.5 Å². The van der Waals surface area contributed by atoms with E-state index in [0.717, 1.165) is 55.4 Å². The Morgan fingerprint density at radius 3 is 2.59 bits per heavy atom. The summed E-state index contributed by atoms with van der Waals surface area (Å²) in [6.07, 6.45) is 3.09. The number of unbranched alkanes of at least 4 members (excludes halogenated alkanes) is 1. The van der Waals surface area contributed by atoms with Crippen molar-refractivity contribution in [3.05, 3.63) is 47.5 Å². The summed E-state index contributed by atoms with van der Waals surface area (Å²) in [4.78, 5) is 0. The average Bonchev–Trinajstić information content (AvgIpc) is 2.71. The molecule has 0 spiro atoms. The molecular formula is C22H29NO4. The lowest BCUT2D eigenvalue weighted by Gasteiger charge is -2.19. The maximum atomic E-state index is 5.86. The van der Waals surface area contributed by atoms with Crippen LogP contribution < -0.4 is 24.3 Å². The van der Waals surface area contributed by atoms with Crippen LogP contribution in [0, 0.1) is 0 Å². The number of hydrogen-bond acceptors (Lipinski definition) is 5. The van der Waals surface area contributed by atoms with Crippen molar-refractivity contribution in [2.75, 3.05) is 33.5 Å². The highest BCUT2D eigenvalue weighted by atomic mass is 16.6. The van der Waals surface area contributed by atoms with E-state index in [0.29, 0.717) is 19.8 Å². The molecule has 0 fully saturated rings. The van der Waals surface area contributed by atoms with E-state index in [1.807, 2.05) is 12.1 Å². The Morgan fingerprint density at radius 2 is 1.78 bits per heavy atom. The third-order valence-electron chi connectivity index (χ3n) is 4.51. The Morgan fingerprint density at radius 1 is 0.963 bits per heavy atom. The largest absolute Gasteiger partial charge is 0.493 e. The Hall–Kier alpha value is -2.40. The van der Waals surface area contributed by atoms with E-state index in [4.69, 9.17) is 18.9 Å². The van der Waals surface area contributed by atoms with Crippen LogP contribution in [0.5, 0.6) is 23.0 Å². The smallest absolute Gasteiger partial charge is 0.161 e. The highest BCUT2D eigenvalue weighted by Gasteiger charge is 2.11. The van der Waals surface area contributed by atoms with Crippen LogP contribution in [0.25, 0.3) is 0 Å². The zero-order valence-electron chi connectivity index (χ0n) is 16.3. The highest BCUT2D eigenvalue weighted by Crippen LogP contribution is 2.31. The van der Waals surface area contributed by atoms with Gasteiger partial charge in [-0.1, -0.05) is 25.5 Å². The van der Waals surface area contributed by atoms with Crippen molar-refractivity contribution in [1.29, 1.82) is 0 Å². The fraction of sp³-hybridized carbons (Fsp3) is 0.455. The molecule has 0 atom stereocenters. The maximum absolute atomic E-state index is 5.86. The molecule has 146 valence electrons. The molecule has 5 heteroatoms. The van der Waals surface area contributed by atoms with Gasteiger partial charge in [0.2, 0.25) is 0 Å². The van der Waals surface area contributed by atoms with Gasteiger partial charge in [-0.2, -0.15) is 0 Å². The van der Waals surface area contributed by atoms with E-state index >= 15 is 0 Å². The summed E-state index contributed by atoms with van der Waals surface area (Å²) in [5.74, 6) is 3.29. The molecule has 1 N–H and O–H groups in total. The minimum Gasteiger partial charge on any atom is -0.493 e. The molecule has 0 aromatic heterocycles. The van der Waals surface area contributed by atoms with Crippen LogP contribution in [0.2, 0.25) is 0 Å². The lowest BCUT2D eigenvalue weighted by molar-refractivity contribution is 0.171. The normalized spacial score (nSPS) is 12.7. The zero-order chi connectivity index (χ0) is 18.9. The van der Waals surface area contributed by atoms with Crippen molar-refractivity contribution in [3.63, 3.8) is 0 Å². The summed E-state index contributed by atoms with van der Waals surface area (Å²) in [5.41, 5.74) is 2.43. The second-order valence-electron chi connectivity index (χ2n) is 6.59. The van der Waals surface area contributed by atoms with Crippen LogP contribution in [0.4, 0.5) is 0 Å². The number of benzene rings is 2. The third kappa shape index (κ3) is 5.54. The van der Waals surface area contributed by atoms with Gasteiger partial charge in [0.1, 0.15) is 13.2 Å². The van der Waals surface area contributed by atoms with Gasteiger partial charge >= 0.3 is 0 Å². The van der Waals surface area contributed by atoms with E-state index < -0.39 is 0 Å². The average molecular weight is 371 g/mol. The molecule has 1 heterocycles. The van der Waals surface area contributed by atoms with Crippen LogP contribution in [0.1, 0.15) is 30.9 Å². The van der Waals surface area contributed by atoms with E-state index in [1.54, 1.807) is 7.11 Å². The molecular weight excluding hydrogens is 342 g/mol. The molecule has 0 saturated heterocycles. The van der Waals surface area contributed by atoms with Crippen molar-refractivity contribution >= 4 is 0 Å². The summed E-state index contributed by atoms with van der Waals surface area (Å²) in [6.45, 7) is 5.79. The molecule has 0 radical (unpaired) electrons. The Labute approximate surface area is 161 Å². The highest BCUT2D eigenvalue weighted by molar-refractivity contribution is 5.44. The van der Waals surface area contributed by atoms with Gasteiger partial charge in [-0.15, -0.1) is 0 Å². The predicted octanol–water partition coefficient (Wildman–Crippen LogP) is 3.98. The summed E-state index contributed by atoms with van der Waals surface area (Å²) in [6, 6.07) is 12.3. The summed E-state index contributed by atoms with van der Waals surface area (Å²) >= 11 is 0. The van der Waals surface area contributed by atoms with Gasteiger partial charge in [-0.3, -0.25) is 0 Å². The number of rotatable bonds is 10. The molecule has 2 aromatic rings. The topological polar surface area (TPSA) is 49.0 Å². The number of methoxy groups -OCH3 is 1. The summed E-state index contributed by atoms with van der Waals surface area (Å²) < 4.78 is 22.5. The molecule has 2 aromatic carbocycles. The summed E-state index contributed by atoms with van der Waals surface area (Å²) in [7, 11) is 1.67. The van der Waals surface area contributed by atoms with Crippen LogP contribution in [0.3, 0.4) is 0 Å². The molecule has 3 rings (SSSR count). The molecule has 0 saturated carbocycles. The summed E-state index contributed by atoms with van der Waals surface area (Å²) in [5, 5.41) is 3.49.